The number of piperidine rings is 1. The standard InChI is InChI=1S/C25H35N3O3/c1-2-3-7-19-10-12-20(13-11-19)24(30)26-16-14-21(15-17-26)27-18-23(29)28(25(27)31)22-8-5-4-6-9-22/h4-6,8-9,19-21H,2-3,7,10-18H2,1H3. The van der Waals surface area contributed by atoms with Crippen LogP contribution in [0.1, 0.15) is 64.7 Å². The zero-order chi connectivity index (χ0) is 21.8. The van der Waals surface area contributed by atoms with E-state index in [-0.39, 0.29) is 30.4 Å². The summed E-state index contributed by atoms with van der Waals surface area (Å²) in [6.07, 6.45) is 9.79. The fraction of sp³-hybridized carbons (Fsp3) is 0.640. The van der Waals surface area contributed by atoms with Crippen molar-refractivity contribution in [3.05, 3.63) is 30.3 Å². The summed E-state index contributed by atoms with van der Waals surface area (Å²) in [7, 11) is 0. The first-order valence-electron chi connectivity index (χ1n) is 12.1. The minimum absolute atomic E-state index is 0.0268. The van der Waals surface area contributed by atoms with Crippen molar-refractivity contribution in [1.29, 1.82) is 0 Å². The van der Waals surface area contributed by atoms with Crippen LogP contribution in [0.5, 0.6) is 0 Å². The van der Waals surface area contributed by atoms with Gasteiger partial charge in [-0.25, -0.2) is 9.69 Å². The largest absolute Gasteiger partial charge is 0.342 e. The SMILES string of the molecule is CCCCC1CCC(C(=O)N2CCC(N3CC(=O)N(c4ccccc4)C3=O)CC2)CC1. The van der Waals surface area contributed by atoms with Crippen molar-refractivity contribution in [3.8, 4) is 0 Å². The number of benzene rings is 1. The summed E-state index contributed by atoms with van der Waals surface area (Å²) in [4.78, 5) is 43.5. The number of imide groups is 1. The molecule has 0 unspecified atom stereocenters. The molecule has 2 aliphatic heterocycles. The van der Waals surface area contributed by atoms with Crippen LogP contribution in [0.4, 0.5) is 10.5 Å². The van der Waals surface area contributed by atoms with E-state index in [1.54, 1.807) is 17.0 Å². The molecule has 6 nitrogen and oxygen atoms in total. The Labute approximate surface area is 185 Å². The topological polar surface area (TPSA) is 60.9 Å². The van der Waals surface area contributed by atoms with E-state index in [9.17, 15) is 14.4 Å². The molecule has 3 aliphatic rings. The first kappa shape index (κ1) is 21.8. The molecule has 3 fully saturated rings. The molecule has 1 aliphatic carbocycles. The molecule has 0 aromatic heterocycles. The molecule has 0 spiro atoms. The van der Waals surface area contributed by atoms with Crippen LogP contribution in [0.2, 0.25) is 0 Å². The van der Waals surface area contributed by atoms with E-state index in [0.717, 1.165) is 31.6 Å². The molecule has 1 saturated carbocycles. The molecule has 6 heteroatoms. The van der Waals surface area contributed by atoms with E-state index in [2.05, 4.69) is 6.92 Å². The Hall–Kier alpha value is -2.37. The minimum atomic E-state index is -0.230. The minimum Gasteiger partial charge on any atom is -0.342 e. The van der Waals surface area contributed by atoms with E-state index in [4.69, 9.17) is 0 Å². The fourth-order valence-corrected chi connectivity index (χ4v) is 5.48. The monoisotopic (exact) mass is 425 g/mol. The molecule has 1 aromatic rings. The van der Waals surface area contributed by atoms with Gasteiger partial charge >= 0.3 is 6.03 Å². The van der Waals surface area contributed by atoms with Crippen molar-refractivity contribution in [1.82, 2.24) is 9.80 Å². The molecule has 4 rings (SSSR count). The number of carbonyl (C=O) groups is 3. The Morgan fingerprint density at radius 3 is 2.29 bits per heavy atom. The highest BCUT2D eigenvalue weighted by atomic mass is 16.2. The maximum atomic E-state index is 13.0. The summed E-state index contributed by atoms with van der Waals surface area (Å²) in [6.45, 7) is 3.74. The van der Waals surface area contributed by atoms with Crippen molar-refractivity contribution in [3.63, 3.8) is 0 Å². The molecule has 168 valence electrons. The Kier molecular flexibility index (Phi) is 6.93. The highest BCUT2D eigenvalue weighted by Crippen LogP contribution is 2.34. The Morgan fingerprint density at radius 2 is 1.65 bits per heavy atom. The van der Waals surface area contributed by atoms with Gasteiger partial charge in [0, 0.05) is 25.0 Å². The first-order chi connectivity index (χ1) is 15.1. The van der Waals surface area contributed by atoms with Gasteiger partial charge in [0.15, 0.2) is 0 Å². The van der Waals surface area contributed by atoms with Gasteiger partial charge in [-0.15, -0.1) is 0 Å². The lowest BCUT2D eigenvalue weighted by atomic mass is 9.79. The van der Waals surface area contributed by atoms with Gasteiger partial charge in [0.25, 0.3) is 5.91 Å². The molecule has 0 N–H and O–H groups in total. The maximum absolute atomic E-state index is 13.0. The lowest BCUT2D eigenvalue weighted by Crippen LogP contribution is -2.49. The normalized spacial score (nSPS) is 25.4. The summed E-state index contributed by atoms with van der Waals surface area (Å²) in [5.41, 5.74) is 0.627. The van der Waals surface area contributed by atoms with Crippen LogP contribution < -0.4 is 4.90 Å². The van der Waals surface area contributed by atoms with E-state index in [1.165, 1.54) is 37.0 Å². The van der Waals surface area contributed by atoms with Crippen molar-refractivity contribution in [2.75, 3.05) is 24.5 Å². The van der Waals surface area contributed by atoms with Crippen LogP contribution in [0.15, 0.2) is 30.3 Å². The third-order valence-electron chi connectivity index (χ3n) is 7.39. The molecule has 1 aromatic carbocycles. The Balaban J connectivity index is 1.28. The smallest absolute Gasteiger partial charge is 0.332 e. The van der Waals surface area contributed by atoms with Crippen molar-refractivity contribution < 1.29 is 14.4 Å². The number of urea groups is 1. The molecule has 0 bridgehead atoms. The number of likely N-dealkylation sites (tertiary alicyclic amines) is 1. The number of anilines is 1. The van der Waals surface area contributed by atoms with Crippen LogP contribution in [0, 0.1) is 11.8 Å². The average Bonchev–Trinajstić information content (AvgIpc) is 3.12. The number of nitrogens with zero attached hydrogens (tertiary/aromatic N) is 3. The summed E-state index contributed by atoms with van der Waals surface area (Å²) in [6, 6.07) is 8.91. The molecule has 4 amide bonds. The second-order valence-electron chi connectivity index (χ2n) is 9.39. The summed E-state index contributed by atoms with van der Waals surface area (Å²) in [5.74, 6) is 1.12. The second-order valence-corrected chi connectivity index (χ2v) is 9.39. The van der Waals surface area contributed by atoms with E-state index < -0.39 is 0 Å². The predicted octanol–water partition coefficient (Wildman–Crippen LogP) is 4.44. The quantitative estimate of drug-likeness (QED) is 0.633. The lowest BCUT2D eigenvalue weighted by molar-refractivity contribution is -0.138. The Morgan fingerprint density at radius 1 is 0.968 bits per heavy atom. The zero-order valence-electron chi connectivity index (χ0n) is 18.7. The third kappa shape index (κ3) is 4.78. The van der Waals surface area contributed by atoms with E-state index in [1.807, 2.05) is 23.1 Å². The molecular weight excluding hydrogens is 390 g/mol. The number of hydrogen-bond donors (Lipinski definition) is 0. The van der Waals surface area contributed by atoms with Gasteiger partial charge in [-0.05, 0) is 56.6 Å². The number of hydrogen-bond acceptors (Lipinski definition) is 3. The third-order valence-corrected chi connectivity index (χ3v) is 7.39. The fourth-order valence-electron chi connectivity index (χ4n) is 5.48. The summed E-state index contributed by atoms with van der Waals surface area (Å²) in [5, 5.41) is 0. The van der Waals surface area contributed by atoms with Crippen LogP contribution in [-0.2, 0) is 9.59 Å². The number of para-hydroxylation sites is 1. The van der Waals surface area contributed by atoms with E-state index in [0.29, 0.717) is 24.7 Å². The van der Waals surface area contributed by atoms with Gasteiger partial charge < -0.3 is 9.80 Å². The van der Waals surface area contributed by atoms with Crippen molar-refractivity contribution in [2.45, 2.75) is 70.8 Å². The van der Waals surface area contributed by atoms with Gasteiger partial charge in [-0.2, -0.15) is 0 Å². The van der Waals surface area contributed by atoms with Gasteiger partial charge in [0.05, 0.1) is 5.69 Å². The number of rotatable bonds is 6. The molecule has 0 radical (unpaired) electrons. The maximum Gasteiger partial charge on any atom is 0.332 e. The van der Waals surface area contributed by atoms with Crippen LogP contribution in [0.25, 0.3) is 0 Å². The average molecular weight is 426 g/mol. The number of unbranched alkanes of at least 4 members (excludes halogenated alkanes) is 1. The molecule has 2 saturated heterocycles. The zero-order valence-corrected chi connectivity index (χ0v) is 18.7. The first-order valence-corrected chi connectivity index (χ1v) is 12.1. The van der Waals surface area contributed by atoms with E-state index >= 15 is 0 Å². The molecular formula is C25H35N3O3. The van der Waals surface area contributed by atoms with Gasteiger partial charge in [0.2, 0.25) is 5.91 Å². The Bertz CT molecular complexity index is 780. The molecule has 2 heterocycles. The highest BCUT2D eigenvalue weighted by molar-refractivity contribution is 6.19. The van der Waals surface area contributed by atoms with Gasteiger partial charge in [-0.1, -0.05) is 44.4 Å². The van der Waals surface area contributed by atoms with Crippen LogP contribution >= 0.6 is 0 Å². The number of carbonyl (C=O) groups excluding carboxylic acids is 3. The summed E-state index contributed by atoms with van der Waals surface area (Å²) < 4.78 is 0. The van der Waals surface area contributed by atoms with Crippen molar-refractivity contribution >= 4 is 23.5 Å². The second kappa shape index (κ2) is 9.84. The van der Waals surface area contributed by atoms with Crippen LogP contribution in [0.3, 0.4) is 0 Å². The summed E-state index contributed by atoms with van der Waals surface area (Å²) >= 11 is 0. The lowest BCUT2D eigenvalue weighted by Gasteiger charge is -2.38. The highest BCUT2D eigenvalue weighted by Gasteiger charge is 2.42. The van der Waals surface area contributed by atoms with Gasteiger partial charge in [-0.3, -0.25) is 9.59 Å². The molecule has 31 heavy (non-hydrogen) atoms. The number of amides is 4. The predicted molar refractivity (Wildman–Crippen MR) is 121 cm³/mol. The van der Waals surface area contributed by atoms with Crippen molar-refractivity contribution in [2.24, 2.45) is 11.8 Å². The molecule has 0 atom stereocenters. The van der Waals surface area contributed by atoms with Crippen LogP contribution in [-0.4, -0.2) is 53.3 Å². The van der Waals surface area contributed by atoms with Gasteiger partial charge in [0.1, 0.15) is 6.54 Å².